The molecule has 0 bridgehead atoms. The quantitative estimate of drug-likeness (QED) is 0.152. The molecular formula is C27H27N7OS. The summed E-state index contributed by atoms with van der Waals surface area (Å²) < 4.78 is 0. The summed E-state index contributed by atoms with van der Waals surface area (Å²) in [5, 5.41) is 11.6. The normalized spacial score (nSPS) is 11.6. The molecule has 2 aromatic carbocycles. The first-order valence-electron chi connectivity index (χ1n) is 11.7. The van der Waals surface area contributed by atoms with Crippen molar-refractivity contribution < 1.29 is 4.79 Å². The predicted octanol–water partition coefficient (Wildman–Crippen LogP) is 4.97. The van der Waals surface area contributed by atoms with Gasteiger partial charge in [-0.2, -0.15) is 5.10 Å². The van der Waals surface area contributed by atoms with Crippen molar-refractivity contribution in [2.45, 2.75) is 6.42 Å². The number of nitrogens with zero attached hydrogens (tertiary/aromatic N) is 4. The number of aromatic nitrogens is 3. The number of anilines is 1. The molecule has 3 heterocycles. The molecule has 0 atom stereocenters. The van der Waals surface area contributed by atoms with Crippen molar-refractivity contribution in [3.8, 4) is 11.5 Å². The number of rotatable bonds is 9. The number of benzene rings is 2. The zero-order valence-electron chi connectivity index (χ0n) is 20.2. The van der Waals surface area contributed by atoms with Gasteiger partial charge in [0.25, 0.3) is 5.91 Å². The highest BCUT2D eigenvalue weighted by Gasteiger charge is 2.17. The minimum absolute atomic E-state index is 0.242. The smallest absolute Gasteiger partial charge is 0.281 e. The van der Waals surface area contributed by atoms with Gasteiger partial charge >= 0.3 is 0 Å². The second-order valence-corrected chi connectivity index (χ2v) is 9.58. The van der Waals surface area contributed by atoms with E-state index in [1.165, 1.54) is 11.3 Å². The Balaban J connectivity index is 1.52. The molecule has 5 aromatic rings. The molecule has 0 unspecified atom stereocenters. The van der Waals surface area contributed by atoms with Gasteiger partial charge in [0.05, 0.1) is 22.3 Å². The van der Waals surface area contributed by atoms with E-state index in [4.69, 9.17) is 9.97 Å². The van der Waals surface area contributed by atoms with Gasteiger partial charge in [0.15, 0.2) is 5.82 Å². The first-order chi connectivity index (χ1) is 17.6. The standard InChI is InChI=1S/C27H27N7OS/c1-34(2)15-8-14-28-25-19-10-4-6-12-22(19)31-26(32-25)24-20(18-9-3-5-11-21(18)30-24)17-29-33-27(35)23-13-7-16-36-23/h3-7,9-13,16-17,30H,8,14-15H2,1-2H3,(H,33,35)(H,28,31,32)/b29-17+. The number of carbonyl (C=O) groups excluding carboxylic acids is 1. The van der Waals surface area contributed by atoms with Gasteiger partial charge in [0.2, 0.25) is 0 Å². The number of amides is 1. The predicted molar refractivity (Wildman–Crippen MR) is 148 cm³/mol. The van der Waals surface area contributed by atoms with E-state index in [0.29, 0.717) is 10.7 Å². The largest absolute Gasteiger partial charge is 0.369 e. The molecule has 1 amide bonds. The number of nitrogens with one attached hydrogen (secondary N) is 3. The maximum absolute atomic E-state index is 12.4. The topological polar surface area (TPSA) is 98.3 Å². The number of hydrazone groups is 1. The van der Waals surface area contributed by atoms with Gasteiger partial charge in [0.1, 0.15) is 5.82 Å². The molecule has 36 heavy (non-hydrogen) atoms. The van der Waals surface area contributed by atoms with E-state index >= 15 is 0 Å². The average molecular weight is 498 g/mol. The van der Waals surface area contributed by atoms with Crippen LogP contribution < -0.4 is 10.7 Å². The lowest BCUT2D eigenvalue weighted by atomic mass is 10.1. The van der Waals surface area contributed by atoms with E-state index < -0.39 is 0 Å². The van der Waals surface area contributed by atoms with Gasteiger partial charge in [-0.3, -0.25) is 4.79 Å². The monoisotopic (exact) mass is 497 g/mol. The SMILES string of the molecule is CN(C)CCCNc1nc(-c2[nH]c3ccccc3c2/C=N/NC(=O)c2cccs2)nc2ccccc12. The average Bonchev–Trinajstić information content (AvgIpc) is 3.55. The Morgan fingerprint density at radius 1 is 1.06 bits per heavy atom. The van der Waals surface area contributed by atoms with Crippen LogP contribution in [0.25, 0.3) is 33.3 Å². The van der Waals surface area contributed by atoms with Crippen molar-refractivity contribution >= 4 is 51.1 Å². The van der Waals surface area contributed by atoms with Crippen molar-refractivity contribution in [2.75, 3.05) is 32.5 Å². The number of carbonyl (C=O) groups is 1. The van der Waals surface area contributed by atoms with Gasteiger partial charge < -0.3 is 15.2 Å². The van der Waals surface area contributed by atoms with E-state index in [1.807, 2.05) is 60.0 Å². The molecule has 0 saturated heterocycles. The highest BCUT2D eigenvalue weighted by atomic mass is 32.1. The van der Waals surface area contributed by atoms with Crippen molar-refractivity contribution in [2.24, 2.45) is 5.10 Å². The Kier molecular flexibility index (Phi) is 7.01. The Morgan fingerprint density at radius 2 is 1.86 bits per heavy atom. The lowest BCUT2D eigenvalue weighted by Gasteiger charge is -2.13. The summed E-state index contributed by atoms with van der Waals surface area (Å²) in [6.45, 7) is 1.79. The number of hydrogen-bond donors (Lipinski definition) is 3. The van der Waals surface area contributed by atoms with Crippen LogP contribution in [0.1, 0.15) is 21.7 Å². The third kappa shape index (κ3) is 5.12. The number of aromatic amines is 1. The number of fused-ring (bicyclic) bond motifs is 2. The van der Waals surface area contributed by atoms with Crippen LogP contribution in [0.15, 0.2) is 71.1 Å². The molecule has 0 spiro atoms. The van der Waals surface area contributed by atoms with E-state index in [2.05, 4.69) is 39.8 Å². The summed E-state index contributed by atoms with van der Waals surface area (Å²) in [5.74, 6) is 1.11. The molecule has 5 rings (SSSR count). The number of hydrogen-bond acceptors (Lipinski definition) is 7. The third-order valence-electron chi connectivity index (χ3n) is 5.75. The second kappa shape index (κ2) is 10.7. The fourth-order valence-corrected chi connectivity index (χ4v) is 4.63. The number of H-pyrrole nitrogens is 1. The molecule has 0 aliphatic heterocycles. The number of thiophene rings is 1. The maximum atomic E-state index is 12.4. The van der Waals surface area contributed by atoms with Gasteiger partial charge in [-0.15, -0.1) is 11.3 Å². The summed E-state index contributed by atoms with van der Waals surface area (Å²) in [7, 11) is 4.14. The van der Waals surface area contributed by atoms with Crippen LogP contribution in [0.4, 0.5) is 5.82 Å². The second-order valence-electron chi connectivity index (χ2n) is 8.63. The van der Waals surface area contributed by atoms with Gasteiger partial charge in [0, 0.05) is 28.4 Å². The van der Waals surface area contributed by atoms with Crippen LogP contribution in [-0.4, -0.2) is 59.2 Å². The first-order valence-corrected chi connectivity index (χ1v) is 12.6. The molecular weight excluding hydrogens is 470 g/mol. The fourth-order valence-electron chi connectivity index (χ4n) is 4.02. The summed E-state index contributed by atoms with van der Waals surface area (Å²) in [4.78, 5) is 28.4. The lowest BCUT2D eigenvalue weighted by molar-refractivity contribution is 0.0959. The minimum atomic E-state index is -0.242. The maximum Gasteiger partial charge on any atom is 0.281 e. The number of para-hydroxylation sites is 2. The van der Waals surface area contributed by atoms with Crippen LogP contribution in [0.3, 0.4) is 0 Å². The molecule has 9 heteroatoms. The summed E-state index contributed by atoms with van der Waals surface area (Å²) in [5.41, 5.74) is 5.97. The van der Waals surface area contributed by atoms with E-state index in [0.717, 1.165) is 58.4 Å². The van der Waals surface area contributed by atoms with Crippen molar-refractivity contribution in [3.63, 3.8) is 0 Å². The molecule has 8 nitrogen and oxygen atoms in total. The lowest BCUT2D eigenvalue weighted by Crippen LogP contribution is -2.17. The van der Waals surface area contributed by atoms with E-state index in [-0.39, 0.29) is 5.91 Å². The highest BCUT2D eigenvalue weighted by molar-refractivity contribution is 7.12. The molecule has 0 aliphatic rings. The van der Waals surface area contributed by atoms with Gasteiger partial charge in [-0.25, -0.2) is 15.4 Å². The highest BCUT2D eigenvalue weighted by Crippen LogP contribution is 2.30. The molecule has 0 saturated carbocycles. The van der Waals surface area contributed by atoms with Crippen molar-refractivity contribution in [1.29, 1.82) is 0 Å². The molecule has 0 radical (unpaired) electrons. The van der Waals surface area contributed by atoms with Crippen LogP contribution in [-0.2, 0) is 0 Å². The molecule has 3 N–H and O–H groups in total. The fraction of sp³-hybridized carbons (Fsp3) is 0.185. The van der Waals surface area contributed by atoms with Gasteiger partial charge in [-0.05, 0) is 56.7 Å². The Hall–Kier alpha value is -4.08. The zero-order valence-corrected chi connectivity index (χ0v) is 21.0. The van der Waals surface area contributed by atoms with E-state index in [1.54, 1.807) is 12.3 Å². The van der Waals surface area contributed by atoms with Crippen LogP contribution in [0.5, 0.6) is 0 Å². The molecule has 0 aliphatic carbocycles. The third-order valence-corrected chi connectivity index (χ3v) is 6.62. The van der Waals surface area contributed by atoms with Crippen LogP contribution in [0, 0.1) is 0 Å². The molecule has 182 valence electrons. The van der Waals surface area contributed by atoms with Crippen LogP contribution in [0.2, 0.25) is 0 Å². The van der Waals surface area contributed by atoms with Crippen molar-refractivity contribution in [3.05, 3.63) is 76.5 Å². The molecule has 0 fully saturated rings. The van der Waals surface area contributed by atoms with Crippen molar-refractivity contribution in [1.82, 2.24) is 25.3 Å². The Labute approximate surface area is 213 Å². The summed E-state index contributed by atoms with van der Waals surface area (Å²) >= 11 is 1.37. The summed E-state index contributed by atoms with van der Waals surface area (Å²) in [6.07, 6.45) is 2.65. The van der Waals surface area contributed by atoms with E-state index in [9.17, 15) is 4.79 Å². The first kappa shape index (κ1) is 23.7. The Bertz CT molecular complexity index is 1520. The summed E-state index contributed by atoms with van der Waals surface area (Å²) in [6, 6.07) is 19.6. The Morgan fingerprint density at radius 3 is 2.67 bits per heavy atom. The molecule has 3 aromatic heterocycles. The van der Waals surface area contributed by atoms with Crippen LogP contribution >= 0.6 is 11.3 Å². The zero-order chi connectivity index (χ0) is 24.9. The minimum Gasteiger partial charge on any atom is -0.369 e. The van der Waals surface area contributed by atoms with Gasteiger partial charge in [-0.1, -0.05) is 36.4 Å².